The van der Waals surface area contributed by atoms with Gasteiger partial charge in [-0.15, -0.1) is 0 Å². The summed E-state index contributed by atoms with van der Waals surface area (Å²) in [5.74, 6) is 0. The molecule has 1 aliphatic rings. The Morgan fingerprint density at radius 3 is 2.55 bits per heavy atom. The standard InChI is InChI=1S/C14H22N2O3S/c1-15-10-12-6-3-4-7-13(12)20(17,18)16-11-14(19-2)8-5-9-14/h3-4,6-7,15-16H,5,8-11H2,1-2H3. The summed E-state index contributed by atoms with van der Waals surface area (Å²) in [6, 6.07) is 7.03. The van der Waals surface area contributed by atoms with Crippen LogP contribution >= 0.6 is 0 Å². The summed E-state index contributed by atoms with van der Waals surface area (Å²) in [6.45, 7) is 0.853. The van der Waals surface area contributed by atoms with Crippen LogP contribution in [0.25, 0.3) is 0 Å². The first-order chi connectivity index (χ1) is 9.53. The molecule has 1 fully saturated rings. The molecule has 0 atom stereocenters. The Bertz CT molecular complexity index is 548. The second-order valence-electron chi connectivity index (χ2n) is 5.20. The first-order valence-electron chi connectivity index (χ1n) is 6.80. The SMILES string of the molecule is CNCc1ccccc1S(=O)(=O)NCC1(OC)CCC1. The largest absolute Gasteiger partial charge is 0.377 e. The second kappa shape index (κ2) is 6.22. The van der Waals surface area contributed by atoms with E-state index in [1.165, 1.54) is 0 Å². The van der Waals surface area contributed by atoms with E-state index < -0.39 is 10.0 Å². The van der Waals surface area contributed by atoms with Crippen LogP contribution in [0, 0.1) is 0 Å². The van der Waals surface area contributed by atoms with Gasteiger partial charge in [-0.3, -0.25) is 0 Å². The molecule has 6 heteroatoms. The zero-order valence-electron chi connectivity index (χ0n) is 12.0. The van der Waals surface area contributed by atoms with Gasteiger partial charge in [-0.25, -0.2) is 13.1 Å². The number of rotatable bonds is 7. The molecule has 20 heavy (non-hydrogen) atoms. The molecule has 0 saturated heterocycles. The van der Waals surface area contributed by atoms with Gasteiger partial charge in [-0.2, -0.15) is 0 Å². The number of ether oxygens (including phenoxy) is 1. The Morgan fingerprint density at radius 2 is 2.00 bits per heavy atom. The van der Waals surface area contributed by atoms with Crippen LogP contribution in [0.3, 0.4) is 0 Å². The third-order valence-corrected chi connectivity index (χ3v) is 5.41. The highest BCUT2D eigenvalue weighted by Crippen LogP contribution is 2.34. The molecule has 0 aromatic heterocycles. The lowest BCUT2D eigenvalue weighted by atomic mass is 9.80. The first kappa shape index (κ1) is 15.4. The van der Waals surface area contributed by atoms with Crippen LogP contribution in [-0.4, -0.2) is 34.7 Å². The molecular weight excluding hydrogens is 276 g/mol. The minimum atomic E-state index is -3.50. The van der Waals surface area contributed by atoms with Crippen molar-refractivity contribution in [2.45, 2.75) is 36.3 Å². The Labute approximate surface area is 120 Å². The number of hydrogen-bond donors (Lipinski definition) is 2. The highest BCUT2D eigenvalue weighted by atomic mass is 32.2. The van der Waals surface area contributed by atoms with Gasteiger partial charge in [0.1, 0.15) is 0 Å². The summed E-state index contributed by atoms with van der Waals surface area (Å²) in [6.07, 6.45) is 2.90. The quantitative estimate of drug-likeness (QED) is 0.795. The van der Waals surface area contributed by atoms with Gasteiger partial charge in [0.05, 0.1) is 10.5 Å². The van der Waals surface area contributed by atoms with Crippen LogP contribution in [0.2, 0.25) is 0 Å². The third kappa shape index (κ3) is 3.20. The van der Waals surface area contributed by atoms with E-state index in [-0.39, 0.29) is 5.60 Å². The average molecular weight is 298 g/mol. The van der Waals surface area contributed by atoms with Gasteiger partial charge < -0.3 is 10.1 Å². The topological polar surface area (TPSA) is 67.4 Å². The average Bonchev–Trinajstić information content (AvgIpc) is 2.39. The van der Waals surface area contributed by atoms with Gasteiger partial charge >= 0.3 is 0 Å². The number of nitrogens with one attached hydrogen (secondary N) is 2. The lowest BCUT2D eigenvalue weighted by molar-refractivity contribution is -0.0659. The van der Waals surface area contributed by atoms with Crippen LogP contribution < -0.4 is 10.0 Å². The second-order valence-corrected chi connectivity index (χ2v) is 6.94. The molecule has 0 spiro atoms. The smallest absolute Gasteiger partial charge is 0.240 e. The van der Waals surface area contributed by atoms with Crippen molar-refractivity contribution >= 4 is 10.0 Å². The summed E-state index contributed by atoms with van der Waals surface area (Å²) in [5, 5.41) is 2.99. The van der Waals surface area contributed by atoms with E-state index in [0.717, 1.165) is 24.8 Å². The lowest BCUT2D eigenvalue weighted by Crippen LogP contribution is -2.49. The van der Waals surface area contributed by atoms with E-state index in [1.54, 1.807) is 26.3 Å². The van der Waals surface area contributed by atoms with E-state index >= 15 is 0 Å². The molecule has 2 rings (SSSR count). The van der Waals surface area contributed by atoms with Gasteiger partial charge in [-0.05, 0) is 37.9 Å². The van der Waals surface area contributed by atoms with Crippen LogP contribution in [0.5, 0.6) is 0 Å². The van der Waals surface area contributed by atoms with Crippen molar-refractivity contribution in [3.8, 4) is 0 Å². The molecule has 0 heterocycles. The fourth-order valence-electron chi connectivity index (χ4n) is 2.43. The molecule has 0 amide bonds. The molecule has 1 aliphatic carbocycles. The first-order valence-corrected chi connectivity index (χ1v) is 8.29. The van der Waals surface area contributed by atoms with Crippen molar-refractivity contribution in [2.75, 3.05) is 20.7 Å². The number of sulfonamides is 1. The van der Waals surface area contributed by atoms with Gasteiger partial charge in [0.2, 0.25) is 10.0 Å². The normalized spacial score (nSPS) is 17.7. The molecule has 5 nitrogen and oxygen atoms in total. The van der Waals surface area contributed by atoms with E-state index in [9.17, 15) is 8.42 Å². The summed E-state index contributed by atoms with van der Waals surface area (Å²) in [4.78, 5) is 0.333. The van der Waals surface area contributed by atoms with Crippen molar-refractivity contribution < 1.29 is 13.2 Å². The van der Waals surface area contributed by atoms with Crippen molar-refractivity contribution in [1.29, 1.82) is 0 Å². The maximum atomic E-state index is 12.4. The zero-order valence-corrected chi connectivity index (χ0v) is 12.8. The summed E-state index contributed by atoms with van der Waals surface area (Å²) < 4.78 is 33.0. The maximum Gasteiger partial charge on any atom is 0.240 e. The van der Waals surface area contributed by atoms with Crippen molar-refractivity contribution in [2.24, 2.45) is 0 Å². The lowest BCUT2D eigenvalue weighted by Gasteiger charge is -2.40. The molecule has 112 valence electrons. The molecule has 0 bridgehead atoms. The van der Waals surface area contributed by atoms with E-state index in [2.05, 4.69) is 10.0 Å². The molecular formula is C14H22N2O3S. The number of hydrogen-bond acceptors (Lipinski definition) is 4. The molecule has 0 radical (unpaired) electrons. The van der Waals surface area contributed by atoms with Gasteiger partial charge in [0, 0.05) is 20.2 Å². The monoisotopic (exact) mass is 298 g/mol. The molecule has 1 aromatic rings. The van der Waals surface area contributed by atoms with E-state index in [1.807, 2.05) is 12.1 Å². The molecule has 1 saturated carbocycles. The van der Waals surface area contributed by atoms with Crippen molar-refractivity contribution in [1.82, 2.24) is 10.0 Å². The predicted molar refractivity (Wildman–Crippen MR) is 78.0 cm³/mol. The van der Waals surface area contributed by atoms with Gasteiger partial charge in [-0.1, -0.05) is 18.2 Å². The van der Waals surface area contributed by atoms with Gasteiger partial charge in [0.25, 0.3) is 0 Å². The summed E-state index contributed by atoms with van der Waals surface area (Å²) in [5.41, 5.74) is 0.452. The van der Waals surface area contributed by atoms with Crippen LogP contribution in [-0.2, 0) is 21.3 Å². The summed E-state index contributed by atoms with van der Waals surface area (Å²) >= 11 is 0. The molecule has 2 N–H and O–H groups in total. The molecule has 0 aliphatic heterocycles. The minimum absolute atomic E-state index is 0.314. The number of benzene rings is 1. The highest BCUT2D eigenvalue weighted by Gasteiger charge is 2.38. The van der Waals surface area contributed by atoms with Crippen molar-refractivity contribution in [3.63, 3.8) is 0 Å². The molecule has 0 unspecified atom stereocenters. The Balaban J connectivity index is 2.14. The Morgan fingerprint density at radius 1 is 1.30 bits per heavy atom. The third-order valence-electron chi connectivity index (χ3n) is 3.91. The Hall–Kier alpha value is -0.950. The summed E-state index contributed by atoms with van der Waals surface area (Å²) in [7, 11) is -0.0646. The highest BCUT2D eigenvalue weighted by molar-refractivity contribution is 7.89. The number of methoxy groups -OCH3 is 1. The maximum absolute atomic E-state index is 12.4. The fraction of sp³-hybridized carbons (Fsp3) is 0.571. The van der Waals surface area contributed by atoms with E-state index in [0.29, 0.717) is 18.0 Å². The zero-order chi connectivity index (χ0) is 14.6. The van der Waals surface area contributed by atoms with Crippen LogP contribution in [0.1, 0.15) is 24.8 Å². The fourth-order valence-corrected chi connectivity index (χ4v) is 3.78. The minimum Gasteiger partial charge on any atom is -0.377 e. The van der Waals surface area contributed by atoms with Crippen LogP contribution in [0.4, 0.5) is 0 Å². The van der Waals surface area contributed by atoms with E-state index in [4.69, 9.17) is 4.74 Å². The van der Waals surface area contributed by atoms with Gasteiger partial charge in [0.15, 0.2) is 0 Å². The molecule has 1 aromatic carbocycles. The Kier molecular flexibility index (Phi) is 4.80. The predicted octanol–water partition coefficient (Wildman–Crippen LogP) is 1.25. The van der Waals surface area contributed by atoms with Crippen LogP contribution in [0.15, 0.2) is 29.2 Å². The van der Waals surface area contributed by atoms with Crippen molar-refractivity contribution in [3.05, 3.63) is 29.8 Å².